The van der Waals surface area contributed by atoms with E-state index in [0.717, 1.165) is 5.69 Å². The fourth-order valence-corrected chi connectivity index (χ4v) is 2.29. The third-order valence-electron chi connectivity index (χ3n) is 2.10. The minimum Gasteiger partial charge on any atom is -0.493 e. The predicted octanol–water partition coefficient (Wildman–Crippen LogP) is 3.27. The molecule has 16 heavy (non-hydrogen) atoms. The molecule has 0 spiro atoms. The summed E-state index contributed by atoms with van der Waals surface area (Å²) in [6.07, 6.45) is 1.63. The van der Waals surface area contributed by atoms with Gasteiger partial charge in [0.2, 0.25) is 5.88 Å². The first-order chi connectivity index (χ1) is 7.68. The SMILES string of the molecule is Cn1c(O)c(C=Nc2ccccc2)sc1=S. The first-order valence-corrected chi connectivity index (χ1v) is 5.89. The molecule has 0 amide bonds. The largest absolute Gasteiger partial charge is 0.493 e. The Labute approximate surface area is 102 Å². The lowest BCUT2D eigenvalue weighted by molar-refractivity contribution is 0.430. The van der Waals surface area contributed by atoms with Gasteiger partial charge in [-0.25, -0.2) is 0 Å². The van der Waals surface area contributed by atoms with Crippen molar-refractivity contribution < 1.29 is 5.11 Å². The van der Waals surface area contributed by atoms with Gasteiger partial charge in [0.05, 0.1) is 11.9 Å². The number of rotatable bonds is 2. The van der Waals surface area contributed by atoms with Gasteiger partial charge in [-0.15, -0.1) is 0 Å². The Morgan fingerprint density at radius 3 is 2.62 bits per heavy atom. The molecule has 0 unspecified atom stereocenters. The van der Waals surface area contributed by atoms with Crippen LogP contribution in [0.5, 0.6) is 5.88 Å². The standard InChI is InChI=1S/C11H10N2OS2/c1-13-10(14)9(16-11(13)15)7-12-8-5-3-2-4-6-8/h2-7,14H,1H3. The van der Waals surface area contributed by atoms with Crippen LogP contribution in [0.25, 0.3) is 0 Å². The van der Waals surface area contributed by atoms with Crippen LogP contribution in [0.3, 0.4) is 0 Å². The molecule has 1 aromatic heterocycles. The molecular weight excluding hydrogens is 240 g/mol. The molecule has 0 atom stereocenters. The topological polar surface area (TPSA) is 37.5 Å². The summed E-state index contributed by atoms with van der Waals surface area (Å²) < 4.78 is 2.19. The fourth-order valence-electron chi connectivity index (χ4n) is 1.19. The minimum atomic E-state index is 0.162. The molecule has 0 fully saturated rings. The van der Waals surface area contributed by atoms with E-state index >= 15 is 0 Å². The van der Waals surface area contributed by atoms with Crippen LogP contribution in [0.1, 0.15) is 4.88 Å². The number of aromatic nitrogens is 1. The maximum atomic E-state index is 9.71. The van der Waals surface area contributed by atoms with Crippen molar-refractivity contribution in [3.8, 4) is 5.88 Å². The molecule has 1 aromatic carbocycles. The average Bonchev–Trinajstić information content (AvgIpc) is 2.56. The number of aromatic hydroxyl groups is 1. The monoisotopic (exact) mass is 250 g/mol. The number of thiazole rings is 1. The van der Waals surface area contributed by atoms with E-state index in [2.05, 4.69) is 4.99 Å². The zero-order valence-corrected chi connectivity index (χ0v) is 10.3. The van der Waals surface area contributed by atoms with Gasteiger partial charge >= 0.3 is 0 Å². The van der Waals surface area contributed by atoms with Crippen molar-refractivity contribution in [1.29, 1.82) is 0 Å². The molecule has 82 valence electrons. The van der Waals surface area contributed by atoms with Gasteiger partial charge in [-0.05, 0) is 24.4 Å². The number of hydrogen-bond donors (Lipinski definition) is 1. The first-order valence-electron chi connectivity index (χ1n) is 4.66. The maximum Gasteiger partial charge on any atom is 0.211 e. The van der Waals surface area contributed by atoms with E-state index in [1.165, 1.54) is 11.3 Å². The Hall–Kier alpha value is -1.46. The van der Waals surface area contributed by atoms with E-state index < -0.39 is 0 Å². The highest BCUT2D eigenvalue weighted by molar-refractivity contribution is 7.73. The van der Waals surface area contributed by atoms with Crippen LogP contribution in [0.2, 0.25) is 0 Å². The molecule has 0 bridgehead atoms. The van der Waals surface area contributed by atoms with Gasteiger partial charge in [0.15, 0.2) is 3.95 Å². The van der Waals surface area contributed by atoms with Crippen LogP contribution in [-0.4, -0.2) is 15.9 Å². The maximum absolute atomic E-state index is 9.71. The third-order valence-corrected chi connectivity index (χ3v) is 3.58. The van der Waals surface area contributed by atoms with Crippen molar-refractivity contribution in [3.63, 3.8) is 0 Å². The van der Waals surface area contributed by atoms with Crippen molar-refractivity contribution in [2.45, 2.75) is 0 Å². The van der Waals surface area contributed by atoms with Crippen molar-refractivity contribution in [3.05, 3.63) is 39.2 Å². The molecule has 5 heteroatoms. The molecular formula is C11H10N2OS2. The molecule has 0 aliphatic carbocycles. The number of para-hydroxylation sites is 1. The van der Waals surface area contributed by atoms with Crippen LogP contribution < -0.4 is 0 Å². The third kappa shape index (κ3) is 2.20. The van der Waals surface area contributed by atoms with E-state index in [1.807, 2.05) is 30.3 Å². The Kier molecular flexibility index (Phi) is 3.17. The Morgan fingerprint density at radius 1 is 1.38 bits per heavy atom. The van der Waals surface area contributed by atoms with Gasteiger partial charge in [-0.2, -0.15) is 0 Å². The van der Waals surface area contributed by atoms with Crippen LogP contribution in [0.4, 0.5) is 5.69 Å². The van der Waals surface area contributed by atoms with E-state index in [0.29, 0.717) is 8.83 Å². The van der Waals surface area contributed by atoms with Crippen molar-refractivity contribution in [1.82, 2.24) is 4.57 Å². The molecule has 0 aliphatic heterocycles. The highest BCUT2D eigenvalue weighted by Gasteiger charge is 2.05. The molecule has 2 aromatic rings. The highest BCUT2D eigenvalue weighted by Crippen LogP contribution is 2.23. The van der Waals surface area contributed by atoms with Gasteiger partial charge in [0.25, 0.3) is 0 Å². The summed E-state index contributed by atoms with van der Waals surface area (Å²) in [7, 11) is 1.73. The lowest BCUT2D eigenvalue weighted by Gasteiger charge is -1.93. The number of nitrogens with zero attached hydrogens (tertiary/aromatic N) is 2. The van der Waals surface area contributed by atoms with E-state index in [4.69, 9.17) is 12.2 Å². The summed E-state index contributed by atoms with van der Waals surface area (Å²) in [6.45, 7) is 0. The first kappa shape index (κ1) is 11.0. The van der Waals surface area contributed by atoms with Gasteiger partial charge < -0.3 is 5.11 Å². The van der Waals surface area contributed by atoms with E-state index in [1.54, 1.807) is 17.8 Å². The predicted molar refractivity (Wildman–Crippen MR) is 69.5 cm³/mol. The molecule has 1 N–H and O–H groups in total. The van der Waals surface area contributed by atoms with Gasteiger partial charge in [-0.3, -0.25) is 9.56 Å². The molecule has 0 aliphatic rings. The van der Waals surface area contributed by atoms with Crippen molar-refractivity contribution in [2.24, 2.45) is 12.0 Å². The van der Waals surface area contributed by atoms with Gasteiger partial charge in [-0.1, -0.05) is 29.5 Å². The summed E-state index contributed by atoms with van der Waals surface area (Å²) in [5.74, 6) is 0.162. The normalized spacial score (nSPS) is 11.1. The molecule has 0 radical (unpaired) electrons. The second-order valence-corrected chi connectivity index (χ2v) is 4.88. The van der Waals surface area contributed by atoms with Crippen LogP contribution in [0.15, 0.2) is 35.3 Å². The highest BCUT2D eigenvalue weighted by atomic mass is 32.1. The zero-order valence-electron chi connectivity index (χ0n) is 8.62. The van der Waals surface area contributed by atoms with Crippen molar-refractivity contribution >= 4 is 35.5 Å². The number of benzene rings is 1. The molecule has 2 rings (SSSR count). The second kappa shape index (κ2) is 4.59. The lowest BCUT2D eigenvalue weighted by Crippen LogP contribution is -1.85. The Bertz CT molecular complexity index is 569. The molecule has 1 heterocycles. The quantitative estimate of drug-likeness (QED) is 0.656. The Balaban J connectivity index is 2.31. The summed E-state index contributed by atoms with van der Waals surface area (Å²) >= 11 is 6.39. The van der Waals surface area contributed by atoms with Gasteiger partial charge in [0, 0.05) is 7.05 Å². The fraction of sp³-hybridized carbons (Fsp3) is 0.0909. The van der Waals surface area contributed by atoms with E-state index in [9.17, 15) is 5.11 Å². The molecule has 0 saturated carbocycles. The summed E-state index contributed by atoms with van der Waals surface area (Å²) in [5.41, 5.74) is 0.851. The second-order valence-electron chi connectivity index (χ2n) is 3.21. The average molecular weight is 250 g/mol. The zero-order chi connectivity index (χ0) is 11.5. The van der Waals surface area contributed by atoms with Crippen LogP contribution in [-0.2, 0) is 7.05 Å². The minimum absolute atomic E-state index is 0.162. The van der Waals surface area contributed by atoms with Crippen LogP contribution >= 0.6 is 23.6 Å². The number of aliphatic imine (C=N–C) groups is 1. The lowest BCUT2D eigenvalue weighted by atomic mass is 10.3. The van der Waals surface area contributed by atoms with Crippen molar-refractivity contribution in [2.75, 3.05) is 0 Å². The number of hydrogen-bond acceptors (Lipinski definition) is 4. The van der Waals surface area contributed by atoms with Gasteiger partial charge in [0.1, 0.15) is 4.88 Å². The summed E-state index contributed by atoms with van der Waals surface area (Å²) in [4.78, 5) is 4.93. The van der Waals surface area contributed by atoms with E-state index in [-0.39, 0.29) is 5.88 Å². The summed E-state index contributed by atoms with van der Waals surface area (Å²) in [5, 5.41) is 9.71. The van der Waals surface area contributed by atoms with Crippen LogP contribution in [0, 0.1) is 3.95 Å². The molecule has 3 nitrogen and oxygen atoms in total. The molecule has 0 saturated heterocycles. The summed E-state index contributed by atoms with van der Waals surface area (Å²) in [6, 6.07) is 9.56. The Morgan fingerprint density at radius 2 is 2.06 bits per heavy atom. The smallest absolute Gasteiger partial charge is 0.211 e.